The maximum Gasteiger partial charge on any atom is 0.341 e. The zero-order valence-corrected chi connectivity index (χ0v) is 12.0. The number of hydrogen-bond donors (Lipinski definition) is 0. The van der Waals surface area contributed by atoms with Crippen LogP contribution in [0.4, 0.5) is 0 Å². The number of para-hydroxylation sites is 1. The summed E-state index contributed by atoms with van der Waals surface area (Å²) in [6.45, 7) is 2.60. The second-order valence-electron chi connectivity index (χ2n) is 4.71. The minimum atomic E-state index is -0.350. The highest BCUT2D eigenvalue weighted by molar-refractivity contribution is 5.90. The molecule has 0 radical (unpaired) electrons. The van der Waals surface area contributed by atoms with Gasteiger partial charge in [-0.25, -0.2) is 4.79 Å². The number of aryl methyl sites for hydroxylation is 1. The lowest BCUT2D eigenvalue weighted by Gasteiger charge is -2.07. The number of benzene rings is 1. The van der Waals surface area contributed by atoms with Gasteiger partial charge in [0, 0.05) is 12.4 Å². The summed E-state index contributed by atoms with van der Waals surface area (Å²) in [4.78, 5) is 12.0. The van der Waals surface area contributed by atoms with Crippen molar-refractivity contribution in [1.82, 2.24) is 19.6 Å². The predicted molar refractivity (Wildman–Crippen MR) is 78.0 cm³/mol. The molecule has 0 saturated heterocycles. The second-order valence-corrected chi connectivity index (χ2v) is 4.71. The molecule has 0 N–H and O–H groups in total. The largest absolute Gasteiger partial charge is 0.462 e. The van der Waals surface area contributed by atoms with E-state index in [0.29, 0.717) is 18.7 Å². The van der Waals surface area contributed by atoms with Gasteiger partial charge >= 0.3 is 5.97 Å². The fraction of sp³-hybridized carbons (Fsp3) is 0.267. The summed E-state index contributed by atoms with van der Waals surface area (Å²) in [6.07, 6.45) is 3.36. The Morgan fingerprint density at radius 3 is 2.86 bits per heavy atom. The number of esters is 1. The molecule has 6 nitrogen and oxygen atoms in total. The first kappa shape index (κ1) is 13.4. The number of hydrogen-bond acceptors (Lipinski definition) is 4. The third kappa shape index (κ3) is 2.40. The summed E-state index contributed by atoms with van der Waals surface area (Å²) in [5.41, 5.74) is 2.29. The van der Waals surface area contributed by atoms with Crippen LogP contribution in [0.25, 0.3) is 10.9 Å². The first-order chi connectivity index (χ1) is 10.2. The molecule has 6 heteroatoms. The first-order valence-electron chi connectivity index (χ1n) is 6.79. The minimum absolute atomic E-state index is 0.345. The second kappa shape index (κ2) is 5.40. The van der Waals surface area contributed by atoms with Gasteiger partial charge in [-0.15, -0.1) is 0 Å². The molecule has 3 rings (SSSR count). The van der Waals surface area contributed by atoms with E-state index >= 15 is 0 Å². The van der Waals surface area contributed by atoms with Crippen molar-refractivity contribution in [2.75, 3.05) is 6.61 Å². The third-order valence-electron chi connectivity index (χ3n) is 3.41. The summed E-state index contributed by atoms with van der Waals surface area (Å²) in [5.74, 6) is -0.350. The molecule has 0 bridgehead atoms. The molecule has 0 aliphatic carbocycles. The van der Waals surface area contributed by atoms with Crippen LogP contribution in [0.15, 0.2) is 36.7 Å². The highest BCUT2D eigenvalue weighted by Gasteiger charge is 2.18. The maximum absolute atomic E-state index is 12.0. The van der Waals surface area contributed by atoms with Gasteiger partial charge in [0.25, 0.3) is 0 Å². The van der Waals surface area contributed by atoms with Crippen molar-refractivity contribution in [2.45, 2.75) is 13.5 Å². The zero-order chi connectivity index (χ0) is 14.8. The lowest BCUT2D eigenvalue weighted by Crippen LogP contribution is -2.13. The standard InChI is InChI=1S/C15H16N4O2/c1-3-21-15(20)12-9-16-18(2)14(12)10-19-13-7-5-4-6-11(13)8-17-19/h4-9H,3,10H2,1-2H3. The Bertz CT molecular complexity index is 788. The molecule has 0 amide bonds. The fourth-order valence-corrected chi connectivity index (χ4v) is 2.32. The van der Waals surface area contributed by atoms with Gasteiger partial charge in [-0.1, -0.05) is 18.2 Å². The third-order valence-corrected chi connectivity index (χ3v) is 3.41. The average Bonchev–Trinajstić information content (AvgIpc) is 3.05. The summed E-state index contributed by atoms with van der Waals surface area (Å²) in [7, 11) is 1.81. The van der Waals surface area contributed by atoms with E-state index in [0.717, 1.165) is 16.6 Å². The molecule has 1 aromatic carbocycles. The molecule has 3 aromatic rings. The Morgan fingerprint density at radius 2 is 2.05 bits per heavy atom. The topological polar surface area (TPSA) is 61.9 Å². The van der Waals surface area contributed by atoms with E-state index in [1.165, 1.54) is 0 Å². The van der Waals surface area contributed by atoms with Gasteiger partial charge in [0.2, 0.25) is 0 Å². The molecule has 21 heavy (non-hydrogen) atoms. The van der Waals surface area contributed by atoms with Crippen LogP contribution >= 0.6 is 0 Å². The molecule has 2 aromatic heterocycles. The van der Waals surface area contributed by atoms with Crippen LogP contribution in [0, 0.1) is 0 Å². The van der Waals surface area contributed by atoms with Gasteiger partial charge in [-0.2, -0.15) is 10.2 Å². The van der Waals surface area contributed by atoms with Crippen LogP contribution < -0.4 is 0 Å². The van der Waals surface area contributed by atoms with Crippen molar-refractivity contribution >= 4 is 16.9 Å². The molecular weight excluding hydrogens is 268 g/mol. The summed E-state index contributed by atoms with van der Waals surface area (Å²) < 4.78 is 8.61. The number of ether oxygens (including phenoxy) is 1. The van der Waals surface area contributed by atoms with Gasteiger partial charge in [0.05, 0.1) is 36.8 Å². The van der Waals surface area contributed by atoms with E-state index in [2.05, 4.69) is 10.2 Å². The van der Waals surface area contributed by atoms with Crippen LogP contribution in [-0.2, 0) is 18.3 Å². The quantitative estimate of drug-likeness (QED) is 0.687. The summed E-state index contributed by atoms with van der Waals surface area (Å²) >= 11 is 0. The molecule has 0 aliphatic rings. The molecule has 0 fully saturated rings. The molecular formula is C15H16N4O2. The Hall–Kier alpha value is -2.63. The van der Waals surface area contributed by atoms with Crippen LogP contribution in [-0.4, -0.2) is 32.1 Å². The summed E-state index contributed by atoms with van der Waals surface area (Å²) in [6, 6.07) is 7.95. The Morgan fingerprint density at radius 1 is 1.24 bits per heavy atom. The number of carbonyl (C=O) groups excluding carboxylic acids is 1. The van der Waals surface area contributed by atoms with Crippen molar-refractivity contribution in [1.29, 1.82) is 0 Å². The number of carbonyl (C=O) groups is 1. The average molecular weight is 284 g/mol. The van der Waals surface area contributed by atoms with Crippen LogP contribution in [0.2, 0.25) is 0 Å². The molecule has 0 spiro atoms. The van der Waals surface area contributed by atoms with Crippen LogP contribution in [0.1, 0.15) is 23.0 Å². The van der Waals surface area contributed by atoms with Gasteiger partial charge in [-0.3, -0.25) is 9.36 Å². The van der Waals surface area contributed by atoms with Gasteiger partial charge < -0.3 is 4.74 Å². The minimum Gasteiger partial charge on any atom is -0.462 e. The Balaban J connectivity index is 1.98. The lowest BCUT2D eigenvalue weighted by molar-refractivity contribution is 0.0524. The smallest absolute Gasteiger partial charge is 0.341 e. The normalized spacial score (nSPS) is 11.0. The van der Waals surface area contributed by atoms with Crippen LogP contribution in [0.3, 0.4) is 0 Å². The monoisotopic (exact) mass is 284 g/mol. The number of rotatable bonds is 4. The molecule has 0 unspecified atom stereocenters. The summed E-state index contributed by atoms with van der Waals surface area (Å²) in [5, 5.41) is 9.60. The number of nitrogens with zero attached hydrogens (tertiary/aromatic N) is 4. The van der Waals surface area contributed by atoms with Gasteiger partial charge in [0.1, 0.15) is 5.56 Å². The highest BCUT2D eigenvalue weighted by Crippen LogP contribution is 2.16. The Kier molecular flexibility index (Phi) is 3.43. The van der Waals surface area contributed by atoms with Crippen molar-refractivity contribution in [2.24, 2.45) is 7.05 Å². The van der Waals surface area contributed by atoms with Gasteiger partial charge in [0.15, 0.2) is 0 Å². The van der Waals surface area contributed by atoms with E-state index in [1.54, 1.807) is 17.8 Å². The number of aromatic nitrogens is 4. The molecule has 108 valence electrons. The van der Waals surface area contributed by atoms with E-state index < -0.39 is 0 Å². The lowest BCUT2D eigenvalue weighted by atomic mass is 10.2. The van der Waals surface area contributed by atoms with Crippen molar-refractivity contribution in [3.8, 4) is 0 Å². The Labute approximate surface area is 121 Å². The van der Waals surface area contributed by atoms with E-state index in [4.69, 9.17) is 4.74 Å². The van der Waals surface area contributed by atoms with Gasteiger partial charge in [-0.05, 0) is 13.0 Å². The maximum atomic E-state index is 12.0. The molecule has 2 heterocycles. The van der Waals surface area contributed by atoms with E-state index in [1.807, 2.05) is 42.2 Å². The highest BCUT2D eigenvalue weighted by atomic mass is 16.5. The fourth-order valence-electron chi connectivity index (χ4n) is 2.32. The molecule has 0 atom stereocenters. The SMILES string of the molecule is CCOC(=O)c1cnn(C)c1Cn1ncc2ccccc21. The van der Waals surface area contributed by atoms with Crippen molar-refractivity contribution in [3.63, 3.8) is 0 Å². The van der Waals surface area contributed by atoms with Crippen molar-refractivity contribution in [3.05, 3.63) is 47.9 Å². The zero-order valence-electron chi connectivity index (χ0n) is 12.0. The van der Waals surface area contributed by atoms with E-state index in [9.17, 15) is 4.79 Å². The number of fused-ring (bicyclic) bond motifs is 1. The first-order valence-corrected chi connectivity index (χ1v) is 6.79. The molecule has 0 saturated carbocycles. The van der Waals surface area contributed by atoms with Crippen LogP contribution in [0.5, 0.6) is 0 Å². The predicted octanol–water partition coefficient (Wildman–Crippen LogP) is 1.99. The molecule has 0 aliphatic heterocycles. The van der Waals surface area contributed by atoms with Crippen molar-refractivity contribution < 1.29 is 9.53 Å². The van der Waals surface area contributed by atoms with E-state index in [-0.39, 0.29) is 5.97 Å².